The van der Waals surface area contributed by atoms with Crippen molar-refractivity contribution in [3.05, 3.63) is 70.3 Å². The highest BCUT2D eigenvalue weighted by atomic mass is 35.5. The number of nitrogens with one attached hydrogen (secondary N) is 4. The lowest BCUT2D eigenvalue weighted by atomic mass is 9.89. The van der Waals surface area contributed by atoms with Crippen LogP contribution < -0.4 is 26.0 Å². The van der Waals surface area contributed by atoms with Gasteiger partial charge < -0.3 is 26.0 Å². The van der Waals surface area contributed by atoms with Gasteiger partial charge in [0.25, 0.3) is 0 Å². The Balaban J connectivity index is 0.000000573. The lowest BCUT2D eigenvalue weighted by Gasteiger charge is -2.23. The molecule has 10 heteroatoms. The van der Waals surface area contributed by atoms with E-state index in [2.05, 4.69) is 21.3 Å². The molecule has 0 unspecified atom stereocenters. The number of aldehydes is 2. The lowest BCUT2D eigenvalue weighted by molar-refractivity contribution is -0.123. The van der Waals surface area contributed by atoms with E-state index in [4.69, 9.17) is 16.3 Å². The number of carbonyl (C=O) groups excluding carboxylic acids is 3. The fourth-order valence-corrected chi connectivity index (χ4v) is 3.21. The Morgan fingerprint density at radius 3 is 2.18 bits per heavy atom. The molecule has 2 rings (SSSR count). The fourth-order valence-electron chi connectivity index (χ4n) is 3.04. The molecule has 0 aliphatic heterocycles. The maximum Gasteiger partial charge on any atom is 0.225 e. The Morgan fingerprint density at radius 2 is 1.74 bits per heavy atom. The Morgan fingerprint density at radius 1 is 1.11 bits per heavy atom. The second kappa shape index (κ2) is 18.8. The van der Waals surface area contributed by atoms with Crippen molar-refractivity contribution < 1.29 is 23.5 Å². The molecule has 38 heavy (non-hydrogen) atoms. The van der Waals surface area contributed by atoms with Crippen LogP contribution in [0.1, 0.15) is 44.5 Å². The number of benzene rings is 2. The van der Waals surface area contributed by atoms with Crippen LogP contribution in [0.4, 0.5) is 10.1 Å². The van der Waals surface area contributed by atoms with Gasteiger partial charge in [-0.1, -0.05) is 43.6 Å². The molecule has 4 N–H and O–H groups in total. The Labute approximate surface area is 230 Å². The highest BCUT2D eigenvalue weighted by Gasteiger charge is 2.21. The van der Waals surface area contributed by atoms with Crippen molar-refractivity contribution in [3.8, 4) is 5.75 Å². The normalized spacial score (nSPS) is 10.9. The van der Waals surface area contributed by atoms with E-state index in [1.54, 1.807) is 20.9 Å². The molecule has 0 spiro atoms. The molecule has 0 aromatic heterocycles. The molecule has 2 aromatic rings. The number of hydrogen-bond acceptors (Lipinski definition) is 7. The minimum absolute atomic E-state index is 0.0782. The van der Waals surface area contributed by atoms with Gasteiger partial charge in [-0.15, -0.1) is 0 Å². The third-order valence-electron chi connectivity index (χ3n) is 5.01. The standard InChI is InChI=1S/C12H23N3O2.C9H8ClFO2.C7H9N/c1-9(14-5)10(7-16)15-11(17)6-12(2,3)8-13-4;1-2-13-9-4-8(11)7(10)3-6(9)5-12;1-8-7-5-3-2-4-6-7/h7,13-14H,6,8H2,1-5H3,(H,15,17);3-5H,2H2,1H3;2-6,8H,1H3/b10-9+;;. The first-order valence-electron chi connectivity index (χ1n) is 12.1. The molecule has 0 fully saturated rings. The summed E-state index contributed by atoms with van der Waals surface area (Å²) >= 11 is 5.48. The summed E-state index contributed by atoms with van der Waals surface area (Å²) in [4.78, 5) is 33.1. The van der Waals surface area contributed by atoms with Crippen LogP contribution in [0.5, 0.6) is 5.75 Å². The van der Waals surface area contributed by atoms with E-state index in [0.717, 1.165) is 18.3 Å². The summed E-state index contributed by atoms with van der Waals surface area (Å²) in [6.45, 7) is 8.61. The summed E-state index contributed by atoms with van der Waals surface area (Å²) in [7, 11) is 5.47. The average Bonchev–Trinajstić information content (AvgIpc) is 2.89. The van der Waals surface area contributed by atoms with E-state index < -0.39 is 5.82 Å². The van der Waals surface area contributed by atoms with Crippen molar-refractivity contribution in [3.63, 3.8) is 0 Å². The second-order valence-corrected chi connectivity index (χ2v) is 9.20. The summed E-state index contributed by atoms with van der Waals surface area (Å²) in [6, 6.07) is 12.4. The van der Waals surface area contributed by atoms with Gasteiger partial charge in [0.1, 0.15) is 11.6 Å². The van der Waals surface area contributed by atoms with Gasteiger partial charge in [-0.25, -0.2) is 4.39 Å². The molecule has 0 aliphatic carbocycles. The number of ether oxygens (including phenoxy) is 1. The summed E-state index contributed by atoms with van der Waals surface area (Å²) < 4.78 is 17.9. The van der Waals surface area contributed by atoms with Crippen LogP contribution in [-0.4, -0.2) is 52.8 Å². The van der Waals surface area contributed by atoms with Gasteiger partial charge in [0.2, 0.25) is 5.91 Å². The van der Waals surface area contributed by atoms with Gasteiger partial charge in [0.15, 0.2) is 12.6 Å². The van der Waals surface area contributed by atoms with Gasteiger partial charge >= 0.3 is 0 Å². The first kappa shape index (κ1) is 34.6. The number of halogens is 2. The van der Waals surface area contributed by atoms with Gasteiger partial charge in [-0.3, -0.25) is 14.4 Å². The molecule has 0 aliphatic rings. The van der Waals surface area contributed by atoms with Crippen LogP contribution >= 0.6 is 11.6 Å². The van der Waals surface area contributed by atoms with Crippen molar-refractivity contribution in [2.45, 2.75) is 34.1 Å². The smallest absolute Gasteiger partial charge is 0.225 e. The molecule has 0 heterocycles. The molecular formula is C28H40ClFN4O4. The minimum Gasteiger partial charge on any atom is -0.493 e. The number of rotatable bonds is 11. The highest BCUT2D eigenvalue weighted by molar-refractivity contribution is 6.31. The topological polar surface area (TPSA) is 109 Å². The van der Waals surface area contributed by atoms with Crippen molar-refractivity contribution in [1.82, 2.24) is 16.0 Å². The van der Waals surface area contributed by atoms with E-state index in [9.17, 15) is 18.8 Å². The quantitative estimate of drug-likeness (QED) is 0.235. The number of anilines is 1. The largest absolute Gasteiger partial charge is 0.493 e. The van der Waals surface area contributed by atoms with Crippen molar-refractivity contribution in [1.29, 1.82) is 0 Å². The third kappa shape index (κ3) is 13.8. The summed E-state index contributed by atoms with van der Waals surface area (Å²) in [5, 5.41) is 11.4. The predicted molar refractivity (Wildman–Crippen MR) is 152 cm³/mol. The molecule has 1 amide bonds. The summed E-state index contributed by atoms with van der Waals surface area (Å²) in [5.41, 5.74) is 2.22. The number of allylic oxidation sites excluding steroid dienone is 2. The molecule has 8 nitrogen and oxygen atoms in total. The zero-order chi connectivity index (χ0) is 29.1. The van der Waals surface area contributed by atoms with E-state index in [1.807, 2.05) is 58.3 Å². The summed E-state index contributed by atoms with van der Waals surface area (Å²) in [5.74, 6) is -0.517. The number of carbonyl (C=O) groups is 3. The van der Waals surface area contributed by atoms with E-state index in [-0.39, 0.29) is 33.4 Å². The van der Waals surface area contributed by atoms with Gasteiger partial charge in [-0.2, -0.15) is 0 Å². The molecule has 0 radical (unpaired) electrons. The van der Waals surface area contributed by atoms with Crippen LogP contribution in [-0.2, 0) is 9.59 Å². The first-order valence-corrected chi connectivity index (χ1v) is 12.4. The molecular weight excluding hydrogens is 511 g/mol. The van der Waals surface area contributed by atoms with Crippen LogP contribution in [0, 0.1) is 11.2 Å². The number of amides is 1. The van der Waals surface area contributed by atoms with Crippen molar-refractivity contribution in [2.75, 3.05) is 39.6 Å². The molecule has 2 aromatic carbocycles. The minimum atomic E-state index is -0.587. The zero-order valence-electron chi connectivity index (χ0n) is 23.2. The molecule has 0 saturated heterocycles. The van der Waals surface area contributed by atoms with Crippen LogP contribution in [0.2, 0.25) is 5.02 Å². The monoisotopic (exact) mass is 550 g/mol. The van der Waals surface area contributed by atoms with Gasteiger partial charge in [-0.05, 0) is 44.5 Å². The fraction of sp³-hybridized carbons (Fsp3) is 0.393. The number of para-hydroxylation sites is 1. The average molecular weight is 551 g/mol. The lowest BCUT2D eigenvalue weighted by Crippen LogP contribution is -2.35. The van der Waals surface area contributed by atoms with Crippen LogP contribution in [0.25, 0.3) is 0 Å². The SMILES string of the molecule is CCOc1cc(F)c(Cl)cc1C=O.CNCC(C)(C)CC(=O)N/C(C=O)=C(\C)NC.CNc1ccccc1. The van der Waals surface area contributed by atoms with Gasteiger partial charge in [0, 0.05) is 44.5 Å². The molecule has 0 bridgehead atoms. The zero-order valence-corrected chi connectivity index (χ0v) is 24.0. The van der Waals surface area contributed by atoms with E-state index in [0.29, 0.717) is 31.3 Å². The first-order chi connectivity index (χ1) is 18.0. The Bertz CT molecular complexity index is 1050. The highest BCUT2D eigenvalue weighted by Crippen LogP contribution is 2.24. The van der Waals surface area contributed by atoms with Gasteiger partial charge in [0.05, 0.1) is 22.9 Å². The van der Waals surface area contributed by atoms with Crippen molar-refractivity contribution >= 4 is 35.8 Å². The maximum absolute atomic E-state index is 12.9. The van der Waals surface area contributed by atoms with Crippen LogP contribution in [0.15, 0.2) is 53.9 Å². The van der Waals surface area contributed by atoms with E-state index >= 15 is 0 Å². The summed E-state index contributed by atoms with van der Waals surface area (Å²) in [6.07, 6.45) is 1.59. The number of hydrogen-bond donors (Lipinski definition) is 4. The predicted octanol–water partition coefficient (Wildman–Crippen LogP) is 4.81. The molecule has 0 saturated carbocycles. The van der Waals surface area contributed by atoms with Crippen molar-refractivity contribution in [2.24, 2.45) is 5.41 Å². The Kier molecular flexibility index (Phi) is 17.1. The Hall–Kier alpha value is -3.43. The maximum atomic E-state index is 12.9. The van der Waals surface area contributed by atoms with Crippen LogP contribution in [0.3, 0.4) is 0 Å². The second-order valence-electron chi connectivity index (χ2n) is 8.80. The third-order valence-corrected chi connectivity index (χ3v) is 5.30. The molecule has 0 atom stereocenters. The molecule has 210 valence electrons. The van der Waals surface area contributed by atoms with E-state index in [1.165, 1.54) is 6.07 Å².